The number of imidazole rings is 1. The summed E-state index contributed by atoms with van der Waals surface area (Å²) < 4.78 is 10.6. The Morgan fingerprint density at radius 1 is 1.17 bits per heavy atom. The van der Waals surface area contributed by atoms with Gasteiger partial charge in [-0.3, -0.25) is 19.1 Å². The molecule has 3 heterocycles. The Labute approximate surface area is 136 Å². The normalized spacial score (nSPS) is 18.5. The number of carbonyl (C=O) groups excluding carboxylic acids is 4. The molecular formula is C15H13N3O6. The number of fused-ring (bicyclic) bond motifs is 2. The Bertz CT molecular complexity index is 832. The lowest BCUT2D eigenvalue weighted by Gasteiger charge is -2.19. The molecule has 124 valence electrons. The van der Waals surface area contributed by atoms with Crippen LogP contribution in [0.3, 0.4) is 0 Å². The zero-order valence-corrected chi connectivity index (χ0v) is 12.9. The standard InChI is InChI=1S/C15H13N3O6/c1-3-23-14(21)9-8-7(5-16-9)12(19)11-10(15(22)24-4-2)17-6-18(11)13(8)20/h5-7H,3-4H2,1-2H3/t7-/m1/s1. The number of ketones is 1. The minimum atomic E-state index is -1.03. The maximum absolute atomic E-state index is 12.7. The Morgan fingerprint density at radius 2 is 1.83 bits per heavy atom. The molecule has 0 saturated carbocycles. The molecule has 0 amide bonds. The number of esters is 2. The second-order valence-corrected chi connectivity index (χ2v) is 4.94. The van der Waals surface area contributed by atoms with Crippen LogP contribution in [0.1, 0.15) is 39.6 Å². The van der Waals surface area contributed by atoms with E-state index in [2.05, 4.69) is 9.98 Å². The van der Waals surface area contributed by atoms with E-state index in [4.69, 9.17) is 9.47 Å². The second kappa shape index (κ2) is 5.84. The van der Waals surface area contributed by atoms with Crippen LogP contribution in [0.15, 0.2) is 22.6 Å². The van der Waals surface area contributed by atoms with Gasteiger partial charge in [0.05, 0.1) is 24.7 Å². The number of Topliss-reactive ketones (excluding diaryl/α,β-unsaturated/α-hetero) is 1. The second-order valence-electron chi connectivity index (χ2n) is 4.94. The fourth-order valence-electron chi connectivity index (χ4n) is 2.60. The monoisotopic (exact) mass is 331 g/mol. The number of aromatic nitrogens is 2. The topological polar surface area (TPSA) is 117 Å². The third-order valence-corrected chi connectivity index (χ3v) is 3.59. The lowest BCUT2D eigenvalue weighted by Crippen LogP contribution is -2.35. The fourth-order valence-corrected chi connectivity index (χ4v) is 2.60. The van der Waals surface area contributed by atoms with Crippen molar-refractivity contribution in [3.05, 3.63) is 29.0 Å². The molecule has 3 rings (SSSR count). The number of nitrogens with zero attached hydrogens (tertiary/aromatic N) is 3. The number of carbonyl (C=O) groups is 4. The summed E-state index contributed by atoms with van der Waals surface area (Å²) in [7, 11) is 0. The number of hydrogen-bond donors (Lipinski definition) is 0. The molecular weight excluding hydrogens is 318 g/mol. The van der Waals surface area contributed by atoms with Crippen LogP contribution in [-0.4, -0.2) is 52.6 Å². The highest BCUT2D eigenvalue weighted by Crippen LogP contribution is 2.33. The molecule has 0 aliphatic carbocycles. The molecule has 0 fully saturated rings. The Kier molecular flexibility index (Phi) is 3.84. The largest absolute Gasteiger partial charge is 0.461 e. The predicted octanol–water partition coefficient (Wildman–Crippen LogP) is 0.414. The molecule has 1 aromatic rings. The predicted molar refractivity (Wildman–Crippen MR) is 78.8 cm³/mol. The summed E-state index contributed by atoms with van der Waals surface area (Å²) in [6, 6.07) is 0. The van der Waals surface area contributed by atoms with E-state index in [-0.39, 0.29) is 35.9 Å². The van der Waals surface area contributed by atoms with Crippen LogP contribution < -0.4 is 0 Å². The highest BCUT2D eigenvalue weighted by Gasteiger charge is 2.45. The summed E-state index contributed by atoms with van der Waals surface area (Å²) in [5, 5.41) is 0. The molecule has 1 atom stereocenters. The summed E-state index contributed by atoms with van der Waals surface area (Å²) in [6.07, 6.45) is 2.26. The van der Waals surface area contributed by atoms with Crippen LogP contribution in [0.4, 0.5) is 0 Å². The molecule has 0 unspecified atom stereocenters. The zero-order valence-electron chi connectivity index (χ0n) is 12.9. The third-order valence-electron chi connectivity index (χ3n) is 3.59. The minimum absolute atomic E-state index is 0.0706. The Morgan fingerprint density at radius 3 is 2.50 bits per heavy atom. The number of ether oxygens (including phenoxy) is 2. The first kappa shape index (κ1) is 15.8. The molecule has 1 aromatic heterocycles. The highest BCUT2D eigenvalue weighted by atomic mass is 16.5. The van der Waals surface area contributed by atoms with Crippen molar-refractivity contribution in [3.63, 3.8) is 0 Å². The number of aliphatic imine (C=N–C) groups is 1. The molecule has 0 spiro atoms. The average Bonchev–Trinajstić information content (AvgIpc) is 3.18. The van der Waals surface area contributed by atoms with Crippen LogP contribution in [0.25, 0.3) is 0 Å². The lowest BCUT2D eigenvalue weighted by atomic mass is 9.89. The molecule has 0 bridgehead atoms. The summed E-state index contributed by atoms with van der Waals surface area (Å²) in [5.74, 6) is -3.79. The fraction of sp³-hybridized carbons (Fsp3) is 0.333. The van der Waals surface area contributed by atoms with Crippen molar-refractivity contribution in [3.8, 4) is 0 Å². The van der Waals surface area contributed by atoms with Gasteiger partial charge in [0.25, 0.3) is 5.91 Å². The van der Waals surface area contributed by atoms with Gasteiger partial charge in [-0.1, -0.05) is 0 Å². The SMILES string of the molecule is CCOC(=O)C1=C2C(=O)n3cnc(C(=O)OCC)c3C(=O)[C@@H]2C=N1. The third kappa shape index (κ3) is 2.16. The van der Waals surface area contributed by atoms with Crippen molar-refractivity contribution in [2.24, 2.45) is 10.9 Å². The molecule has 2 aliphatic rings. The molecule has 0 saturated heterocycles. The maximum atomic E-state index is 12.7. The van der Waals surface area contributed by atoms with Crippen molar-refractivity contribution < 1.29 is 28.7 Å². The van der Waals surface area contributed by atoms with Crippen LogP contribution >= 0.6 is 0 Å². The van der Waals surface area contributed by atoms with Crippen molar-refractivity contribution in [2.75, 3.05) is 13.2 Å². The minimum Gasteiger partial charge on any atom is -0.461 e. The van der Waals surface area contributed by atoms with Gasteiger partial charge < -0.3 is 9.47 Å². The zero-order chi connectivity index (χ0) is 17.4. The lowest BCUT2D eigenvalue weighted by molar-refractivity contribution is -0.138. The molecule has 0 aromatic carbocycles. The van der Waals surface area contributed by atoms with Gasteiger partial charge in [-0.15, -0.1) is 0 Å². The van der Waals surface area contributed by atoms with Crippen LogP contribution in [0, 0.1) is 5.92 Å². The Hall–Kier alpha value is -3.10. The van der Waals surface area contributed by atoms with Gasteiger partial charge in [0.1, 0.15) is 12.0 Å². The molecule has 0 radical (unpaired) electrons. The molecule has 9 nitrogen and oxygen atoms in total. The first-order valence-corrected chi connectivity index (χ1v) is 7.30. The van der Waals surface area contributed by atoms with E-state index < -0.39 is 29.5 Å². The highest BCUT2D eigenvalue weighted by molar-refractivity contribution is 6.25. The van der Waals surface area contributed by atoms with E-state index in [9.17, 15) is 19.2 Å². The van der Waals surface area contributed by atoms with Gasteiger partial charge in [0.2, 0.25) is 0 Å². The summed E-state index contributed by atoms with van der Waals surface area (Å²) in [4.78, 5) is 56.8. The van der Waals surface area contributed by atoms with Gasteiger partial charge in [-0.25, -0.2) is 14.6 Å². The maximum Gasteiger partial charge on any atom is 0.359 e. The summed E-state index contributed by atoms with van der Waals surface area (Å²) in [6.45, 7) is 3.45. The van der Waals surface area contributed by atoms with Gasteiger partial charge >= 0.3 is 11.9 Å². The van der Waals surface area contributed by atoms with Gasteiger partial charge in [0, 0.05) is 6.21 Å². The van der Waals surface area contributed by atoms with E-state index in [1.54, 1.807) is 13.8 Å². The number of rotatable bonds is 4. The van der Waals surface area contributed by atoms with Gasteiger partial charge in [-0.2, -0.15) is 0 Å². The molecule has 2 aliphatic heterocycles. The van der Waals surface area contributed by atoms with E-state index in [0.29, 0.717) is 0 Å². The van der Waals surface area contributed by atoms with Crippen LogP contribution in [0.2, 0.25) is 0 Å². The van der Waals surface area contributed by atoms with Gasteiger partial charge in [0.15, 0.2) is 17.2 Å². The first-order valence-electron chi connectivity index (χ1n) is 7.30. The molecule has 24 heavy (non-hydrogen) atoms. The number of hydrogen-bond acceptors (Lipinski definition) is 8. The van der Waals surface area contributed by atoms with E-state index in [0.717, 1.165) is 10.9 Å². The average molecular weight is 331 g/mol. The molecule has 0 N–H and O–H groups in total. The summed E-state index contributed by atoms with van der Waals surface area (Å²) in [5.41, 5.74) is -0.660. The molecule has 9 heteroatoms. The van der Waals surface area contributed by atoms with E-state index in [1.165, 1.54) is 6.21 Å². The Balaban J connectivity index is 2.09. The quantitative estimate of drug-likeness (QED) is 0.734. The number of allylic oxidation sites excluding steroid dienone is 1. The van der Waals surface area contributed by atoms with Crippen LogP contribution in [0.5, 0.6) is 0 Å². The van der Waals surface area contributed by atoms with Crippen molar-refractivity contribution in [1.82, 2.24) is 9.55 Å². The van der Waals surface area contributed by atoms with Crippen molar-refractivity contribution >= 4 is 29.8 Å². The summed E-state index contributed by atoms with van der Waals surface area (Å²) >= 11 is 0. The van der Waals surface area contributed by atoms with Crippen LogP contribution in [-0.2, 0) is 14.3 Å². The smallest absolute Gasteiger partial charge is 0.359 e. The van der Waals surface area contributed by atoms with E-state index >= 15 is 0 Å². The van der Waals surface area contributed by atoms with Crippen molar-refractivity contribution in [1.29, 1.82) is 0 Å². The first-order chi connectivity index (χ1) is 11.5. The van der Waals surface area contributed by atoms with E-state index in [1.807, 2.05) is 0 Å². The van der Waals surface area contributed by atoms with Crippen molar-refractivity contribution in [2.45, 2.75) is 13.8 Å². The van der Waals surface area contributed by atoms with Gasteiger partial charge in [-0.05, 0) is 13.8 Å².